The fourth-order valence-corrected chi connectivity index (χ4v) is 3.89. The van der Waals surface area contributed by atoms with Gasteiger partial charge in [0.05, 0.1) is 6.04 Å². The number of carbonyl (C=O) groups is 1. The average molecular weight is 327 g/mol. The number of nitrogens with one attached hydrogen (secondary N) is 1. The number of carbonyl (C=O) groups excluding carboxylic acids is 1. The molecule has 0 spiro atoms. The van der Waals surface area contributed by atoms with Crippen LogP contribution < -0.4 is 5.32 Å². The predicted octanol–water partition coefficient (Wildman–Crippen LogP) is 5.73. The Morgan fingerprint density at radius 2 is 1.64 bits per heavy atom. The van der Waals surface area contributed by atoms with Gasteiger partial charge in [-0.1, -0.05) is 74.5 Å². The van der Waals surface area contributed by atoms with Gasteiger partial charge in [0.15, 0.2) is 0 Å². The second-order valence-electron chi connectivity index (χ2n) is 6.56. The Morgan fingerprint density at radius 1 is 1.00 bits per heavy atom. The Labute approximate surface area is 147 Å². The van der Waals surface area contributed by atoms with Crippen LogP contribution in [0.4, 0.5) is 0 Å². The van der Waals surface area contributed by atoms with Crippen LogP contribution >= 0.6 is 0 Å². The third kappa shape index (κ3) is 2.54. The highest BCUT2D eigenvalue weighted by Crippen LogP contribution is 2.38. The Balaban J connectivity index is 2.00. The van der Waals surface area contributed by atoms with E-state index in [1.54, 1.807) is 0 Å². The quantitative estimate of drug-likeness (QED) is 0.368. The van der Waals surface area contributed by atoms with Gasteiger partial charge in [0.2, 0.25) is 5.91 Å². The predicted molar refractivity (Wildman–Crippen MR) is 106 cm³/mol. The van der Waals surface area contributed by atoms with E-state index in [1.807, 2.05) is 0 Å². The van der Waals surface area contributed by atoms with Crippen molar-refractivity contribution in [1.29, 1.82) is 0 Å². The highest BCUT2D eigenvalue weighted by Gasteiger charge is 2.17. The maximum atomic E-state index is 11.9. The van der Waals surface area contributed by atoms with Crippen molar-refractivity contribution in [2.75, 3.05) is 0 Å². The number of rotatable bonds is 5. The van der Waals surface area contributed by atoms with Crippen LogP contribution in [0.5, 0.6) is 0 Å². The highest BCUT2D eigenvalue weighted by molar-refractivity contribution is 6.23. The van der Waals surface area contributed by atoms with Crippen molar-refractivity contribution in [1.82, 2.24) is 5.32 Å². The van der Waals surface area contributed by atoms with E-state index in [0.717, 1.165) is 12.8 Å². The monoisotopic (exact) mass is 327 g/mol. The molecule has 124 valence electrons. The van der Waals surface area contributed by atoms with Crippen molar-refractivity contribution in [2.24, 2.45) is 0 Å². The summed E-state index contributed by atoms with van der Waals surface area (Å²) in [6.07, 6.45) is 3.26. The molecule has 0 aliphatic heterocycles. The molecule has 1 amide bonds. The number of hydrogen-bond donors (Lipinski definition) is 1. The molecule has 0 aliphatic carbocycles. The molecular weight excluding hydrogens is 306 g/mol. The van der Waals surface area contributed by atoms with Crippen LogP contribution in [0, 0.1) is 0 Å². The Morgan fingerprint density at radius 3 is 2.32 bits per heavy atom. The Bertz CT molecular complexity index is 1060. The van der Waals surface area contributed by atoms with E-state index in [1.165, 1.54) is 44.0 Å². The molecule has 1 unspecified atom stereocenters. The van der Waals surface area contributed by atoms with Crippen molar-refractivity contribution in [3.05, 3.63) is 72.8 Å². The third-order valence-corrected chi connectivity index (χ3v) is 5.02. The van der Waals surface area contributed by atoms with E-state index < -0.39 is 0 Å². The average Bonchev–Trinajstić information content (AvgIpc) is 2.65. The maximum Gasteiger partial charge on any atom is 0.243 e. The third-order valence-electron chi connectivity index (χ3n) is 5.02. The van der Waals surface area contributed by atoms with Crippen molar-refractivity contribution < 1.29 is 4.79 Å². The molecule has 0 saturated heterocycles. The minimum absolute atomic E-state index is 0.0000633. The minimum atomic E-state index is -0.121. The zero-order chi connectivity index (χ0) is 17.4. The first-order chi connectivity index (χ1) is 12.2. The van der Waals surface area contributed by atoms with E-state index in [9.17, 15) is 4.79 Å². The lowest BCUT2D eigenvalue weighted by molar-refractivity contribution is -0.117. The zero-order valence-corrected chi connectivity index (χ0v) is 14.4. The second-order valence-corrected chi connectivity index (χ2v) is 6.56. The van der Waals surface area contributed by atoms with E-state index in [4.69, 9.17) is 0 Å². The summed E-state index contributed by atoms with van der Waals surface area (Å²) < 4.78 is 0. The minimum Gasteiger partial charge on any atom is -0.346 e. The molecule has 4 rings (SSSR count). The topological polar surface area (TPSA) is 29.1 Å². The van der Waals surface area contributed by atoms with E-state index in [-0.39, 0.29) is 11.9 Å². The number of hydrogen-bond acceptors (Lipinski definition) is 1. The second kappa shape index (κ2) is 6.21. The SMILES string of the molecule is C=CC(=O)NC(CCC)c1ccc2ccc3cccc4ccc1c2c34. The molecule has 25 heavy (non-hydrogen) atoms. The number of amides is 1. The van der Waals surface area contributed by atoms with Crippen LogP contribution in [-0.4, -0.2) is 5.91 Å². The molecule has 0 bridgehead atoms. The van der Waals surface area contributed by atoms with Crippen LogP contribution in [0.2, 0.25) is 0 Å². The summed E-state index contributed by atoms with van der Waals surface area (Å²) in [5.74, 6) is -0.121. The molecule has 2 nitrogen and oxygen atoms in total. The smallest absolute Gasteiger partial charge is 0.243 e. The van der Waals surface area contributed by atoms with Crippen LogP contribution in [0.3, 0.4) is 0 Å². The lowest BCUT2D eigenvalue weighted by Crippen LogP contribution is -2.26. The summed E-state index contributed by atoms with van der Waals surface area (Å²) in [5, 5.41) is 10.7. The molecule has 0 radical (unpaired) electrons. The first-order valence-corrected chi connectivity index (χ1v) is 8.82. The lowest BCUT2D eigenvalue weighted by Gasteiger charge is -2.21. The maximum absolute atomic E-state index is 11.9. The van der Waals surface area contributed by atoms with Gasteiger partial charge in [0.25, 0.3) is 0 Å². The van der Waals surface area contributed by atoms with Gasteiger partial charge < -0.3 is 5.32 Å². The van der Waals surface area contributed by atoms with Crippen LogP contribution in [0.15, 0.2) is 67.3 Å². The van der Waals surface area contributed by atoms with Crippen molar-refractivity contribution in [3.63, 3.8) is 0 Å². The molecule has 1 atom stereocenters. The van der Waals surface area contributed by atoms with Gasteiger partial charge in [0, 0.05) is 0 Å². The fourth-order valence-electron chi connectivity index (χ4n) is 3.89. The molecule has 0 aromatic heterocycles. The fraction of sp³-hybridized carbons (Fsp3) is 0.174. The molecule has 0 saturated carbocycles. The van der Waals surface area contributed by atoms with Gasteiger partial charge in [-0.2, -0.15) is 0 Å². The molecule has 0 fully saturated rings. The summed E-state index contributed by atoms with van der Waals surface area (Å²) in [6, 6.07) is 19.5. The number of benzene rings is 4. The molecule has 4 aromatic rings. The Kier molecular flexibility index (Phi) is 3.89. The first-order valence-electron chi connectivity index (χ1n) is 8.82. The van der Waals surface area contributed by atoms with Gasteiger partial charge in [-0.25, -0.2) is 0 Å². The van der Waals surface area contributed by atoms with Gasteiger partial charge in [-0.05, 0) is 50.4 Å². The summed E-state index contributed by atoms with van der Waals surface area (Å²) in [4.78, 5) is 11.9. The summed E-state index contributed by atoms with van der Waals surface area (Å²) in [6.45, 7) is 5.73. The van der Waals surface area contributed by atoms with Crippen LogP contribution in [0.1, 0.15) is 31.4 Å². The molecule has 2 heteroatoms. The van der Waals surface area contributed by atoms with Crippen molar-refractivity contribution in [2.45, 2.75) is 25.8 Å². The van der Waals surface area contributed by atoms with Crippen LogP contribution in [0.25, 0.3) is 32.3 Å². The van der Waals surface area contributed by atoms with E-state index in [2.05, 4.69) is 73.4 Å². The molecule has 0 heterocycles. The largest absolute Gasteiger partial charge is 0.346 e. The van der Waals surface area contributed by atoms with Gasteiger partial charge >= 0.3 is 0 Å². The van der Waals surface area contributed by atoms with Crippen LogP contribution in [-0.2, 0) is 4.79 Å². The van der Waals surface area contributed by atoms with Gasteiger partial charge in [-0.15, -0.1) is 0 Å². The molecular formula is C23H21NO. The van der Waals surface area contributed by atoms with Gasteiger partial charge in [-0.3, -0.25) is 4.79 Å². The lowest BCUT2D eigenvalue weighted by atomic mass is 9.89. The van der Waals surface area contributed by atoms with Gasteiger partial charge in [0.1, 0.15) is 0 Å². The van der Waals surface area contributed by atoms with Crippen molar-refractivity contribution >= 4 is 38.2 Å². The van der Waals surface area contributed by atoms with E-state index in [0.29, 0.717) is 0 Å². The summed E-state index contributed by atoms with van der Waals surface area (Å²) in [7, 11) is 0. The Hall–Kier alpha value is -2.87. The summed E-state index contributed by atoms with van der Waals surface area (Å²) >= 11 is 0. The zero-order valence-electron chi connectivity index (χ0n) is 14.4. The molecule has 0 aliphatic rings. The normalized spacial score (nSPS) is 12.7. The first kappa shape index (κ1) is 15.6. The summed E-state index contributed by atoms with van der Waals surface area (Å²) in [5.41, 5.74) is 1.18. The molecule has 4 aromatic carbocycles. The standard InChI is InChI=1S/C23H21NO/c1-3-6-20(24-21(25)4-2)18-13-11-17-10-9-15-7-5-8-16-12-14-19(18)23(17)22(15)16/h4-5,7-14,20H,2-3,6H2,1H3,(H,24,25). The van der Waals surface area contributed by atoms with E-state index >= 15 is 0 Å². The molecule has 1 N–H and O–H groups in total. The van der Waals surface area contributed by atoms with Crippen molar-refractivity contribution in [3.8, 4) is 0 Å². The highest BCUT2D eigenvalue weighted by atomic mass is 16.1.